The molecule has 2 aromatic rings. The zero-order chi connectivity index (χ0) is 14.5. The van der Waals surface area contributed by atoms with E-state index >= 15 is 0 Å². The summed E-state index contributed by atoms with van der Waals surface area (Å²) < 4.78 is 5.88. The van der Waals surface area contributed by atoms with Crippen molar-refractivity contribution >= 4 is 39.3 Å². The predicted molar refractivity (Wildman–Crippen MR) is 84.1 cm³/mol. The van der Waals surface area contributed by atoms with Crippen LogP contribution in [0.1, 0.15) is 11.1 Å². The molecule has 0 radical (unpaired) electrons. The summed E-state index contributed by atoms with van der Waals surface area (Å²) in [6.07, 6.45) is -0.494. The van der Waals surface area contributed by atoms with E-state index in [1.807, 2.05) is 37.3 Å². The number of carbonyl (C=O) groups excluding carboxylic acids is 1. The third-order valence-electron chi connectivity index (χ3n) is 2.72. The number of carbonyl (C=O) groups is 1. The first-order valence-corrected chi connectivity index (χ1v) is 7.16. The van der Waals surface area contributed by atoms with Gasteiger partial charge in [-0.25, -0.2) is 4.79 Å². The summed E-state index contributed by atoms with van der Waals surface area (Å²) in [5.41, 5.74) is 2.48. The fourth-order valence-corrected chi connectivity index (χ4v) is 2.21. The molecule has 0 saturated carbocycles. The average molecular weight is 355 g/mol. The largest absolute Gasteiger partial charge is 0.444 e. The van der Waals surface area contributed by atoms with Crippen LogP contribution in [0.2, 0.25) is 5.02 Å². The summed E-state index contributed by atoms with van der Waals surface area (Å²) in [7, 11) is 0. The van der Waals surface area contributed by atoms with Crippen molar-refractivity contribution in [2.45, 2.75) is 13.5 Å². The Morgan fingerprint density at radius 3 is 2.70 bits per heavy atom. The minimum Gasteiger partial charge on any atom is -0.444 e. The summed E-state index contributed by atoms with van der Waals surface area (Å²) in [6, 6.07) is 13.0. The molecule has 0 bridgehead atoms. The minimum absolute atomic E-state index is 0.237. The van der Waals surface area contributed by atoms with E-state index in [9.17, 15) is 4.79 Å². The molecule has 0 aliphatic rings. The zero-order valence-electron chi connectivity index (χ0n) is 10.8. The first kappa shape index (κ1) is 14.9. The summed E-state index contributed by atoms with van der Waals surface area (Å²) >= 11 is 9.29. The first-order chi connectivity index (χ1) is 9.56. The van der Waals surface area contributed by atoms with Crippen molar-refractivity contribution in [2.24, 2.45) is 0 Å². The number of anilines is 1. The predicted octanol–water partition coefficient (Wildman–Crippen LogP) is 5.16. The van der Waals surface area contributed by atoms with E-state index in [2.05, 4.69) is 21.2 Å². The number of nitrogens with one attached hydrogen (secondary N) is 1. The Morgan fingerprint density at radius 1 is 1.30 bits per heavy atom. The van der Waals surface area contributed by atoms with Crippen LogP contribution in [0.4, 0.5) is 10.5 Å². The van der Waals surface area contributed by atoms with Gasteiger partial charge < -0.3 is 4.74 Å². The van der Waals surface area contributed by atoms with Crippen LogP contribution in [0.25, 0.3) is 0 Å². The summed E-state index contributed by atoms with van der Waals surface area (Å²) in [5, 5.41) is 3.30. The molecule has 0 heterocycles. The van der Waals surface area contributed by atoms with Gasteiger partial charge in [0.1, 0.15) is 6.61 Å². The maximum Gasteiger partial charge on any atom is 0.411 e. The monoisotopic (exact) mass is 353 g/mol. The van der Waals surface area contributed by atoms with Gasteiger partial charge in [0, 0.05) is 10.2 Å². The van der Waals surface area contributed by atoms with Crippen LogP contribution >= 0.6 is 27.5 Å². The molecule has 2 aromatic carbocycles. The number of aryl methyl sites for hydroxylation is 1. The Balaban J connectivity index is 1.97. The third-order valence-corrected chi connectivity index (χ3v) is 3.91. The van der Waals surface area contributed by atoms with Crippen molar-refractivity contribution in [3.63, 3.8) is 0 Å². The molecular formula is C15H13BrClNO2. The Labute approximate surface area is 131 Å². The molecule has 0 aliphatic carbocycles. The molecule has 0 saturated heterocycles. The highest BCUT2D eigenvalue weighted by Gasteiger charge is 2.08. The molecule has 2 rings (SSSR count). The van der Waals surface area contributed by atoms with Gasteiger partial charge in [0.05, 0.1) is 5.02 Å². The number of hydrogen-bond donors (Lipinski definition) is 1. The van der Waals surface area contributed by atoms with Crippen molar-refractivity contribution in [3.05, 3.63) is 63.1 Å². The maximum absolute atomic E-state index is 11.8. The van der Waals surface area contributed by atoms with Crippen LogP contribution in [-0.2, 0) is 11.3 Å². The lowest BCUT2D eigenvalue weighted by Gasteiger charge is -2.10. The first-order valence-electron chi connectivity index (χ1n) is 5.99. The molecule has 1 amide bonds. The number of rotatable bonds is 3. The summed E-state index contributed by atoms with van der Waals surface area (Å²) in [5.74, 6) is 0. The maximum atomic E-state index is 11.8. The van der Waals surface area contributed by atoms with Crippen molar-refractivity contribution in [1.29, 1.82) is 0 Å². The van der Waals surface area contributed by atoms with Crippen LogP contribution in [0, 0.1) is 6.92 Å². The van der Waals surface area contributed by atoms with Crippen molar-refractivity contribution in [1.82, 2.24) is 0 Å². The van der Waals surface area contributed by atoms with Crippen LogP contribution in [-0.4, -0.2) is 6.09 Å². The second-order valence-corrected chi connectivity index (χ2v) is 5.53. The van der Waals surface area contributed by atoms with E-state index in [0.717, 1.165) is 15.6 Å². The number of amides is 1. The SMILES string of the molecule is Cc1cc(Cl)c(Br)cc1NC(=O)OCc1ccccc1. The molecule has 5 heteroatoms. The van der Waals surface area contributed by atoms with Gasteiger partial charge in [-0.1, -0.05) is 41.9 Å². The standard InChI is InChI=1S/C15H13BrClNO2/c1-10-7-13(17)12(16)8-14(10)18-15(19)20-9-11-5-3-2-4-6-11/h2-8H,9H2,1H3,(H,18,19). The van der Waals surface area contributed by atoms with Crippen molar-refractivity contribution in [3.8, 4) is 0 Å². The van der Waals surface area contributed by atoms with Gasteiger partial charge in [-0.05, 0) is 46.1 Å². The molecule has 0 spiro atoms. The highest BCUT2D eigenvalue weighted by Crippen LogP contribution is 2.29. The highest BCUT2D eigenvalue weighted by atomic mass is 79.9. The fourth-order valence-electron chi connectivity index (χ4n) is 1.65. The highest BCUT2D eigenvalue weighted by molar-refractivity contribution is 9.10. The Hall–Kier alpha value is -1.52. The van der Waals surface area contributed by atoms with Gasteiger partial charge in [0.15, 0.2) is 0 Å². The molecule has 1 N–H and O–H groups in total. The molecule has 104 valence electrons. The second kappa shape index (κ2) is 6.77. The third kappa shape index (κ3) is 3.99. The quantitative estimate of drug-likeness (QED) is 0.827. The normalized spacial score (nSPS) is 10.2. The number of halogens is 2. The number of benzene rings is 2. The van der Waals surface area contributed by atoms with Crippen LogP contribution in [0.3, 0.4) is 0 Å². The van der Waals surface area contributed by atoms with Gasteiger partial charge in [-0.15, -0.1) is 0 Å². The Morgan fingerprint density at radius 2 is 2.00 bits per heavy atom. The van der Waals surface area contributed by atoms with E-state index in [4.69, 9.17) is 16.3 Å². The van der Waals surface area contributed by atoms with Crippen molar-refractivity contribution < 1.29 is 9.53 Å². The number of ether oxygens (including phenoxy) is 1. The molecule has 0 atom stereocenters. The Kier molecular flexibility index (Phi) is 5.04. The van der Waals surface area contributed by atoms with Gasteiger partial charge >= 0.3 is 6.09 Å². The summed E-state index contributed by atoms with van der Waals surface area (Å²) in [4.78, 5) is 11.8. The van der Waals surface area contributed by atoms with Gasteiger partial charge in [0.25, 0.3) is 0 Å². The van der Waals surface area contributed by atoms with Crippen LogP contribution < -0.4 is 5.32 Å². The smallest absolute Gasteiger partial charge is 0.411 e. The lowest BCUT2D eigenvalue weighted by Crippen LogP contribution is -2.14. The van der Waals surface area contributed by atoms with E-state index in [0.29, 0.717) is 10.7 Å². The minimum atomic E-state index is -0.494. The van der Waals surface area contributed by atoms with Crippen molar-refractivity contribution in [2.75, 3.05) is 5.32 Å². The molecule has 0 aliphatic heterocycles. The fraction of sp³-hybridized carbons (Fsp3) is 0.133. The topological polar surface area (TPSA) is 38.3 Å². The second-order valence-electron chi connectivity index (χ2n) is 4.27. The van der Waals surface area contributed by atoms with E-state index in [1.165, 1.54) is 0 Å². The van der Waals surface area contributed by atoms with Gasteiger partial charge in [-0.3, -0.25) is 5.32 Å². The lowest BCUT2D eigenvalue weighted by atomic mass is 10.2. The number of hydrogen-bond acceptors (Lipinski definition) is 2. The van der Waals surface area contributed by atoms with Crippen LogP contribution in [0.5, 0.6) is 0 Å². The van der Waals surface area contributed by atoms with Gasteiger partial charge in [-0.2, -0.15) is 0 Å². The molecular weight excluding hydrogens is 342 g/mol. The van der Waals surface area contributed by atoms with Gasteiger partial charge in [0.2, 0.25) is 0 Å². The van der Waals surface area contributed by atoms with E-state index in [1.54, 1.807) is 12.1 Å². The Bertz CT molecular complexity index is 617. The average Bonchev–Trinajstić information content (AvgIpc) is 2.44. The molecule has 3 nitrogen and oxygen atoms in total. The molecule has 0 fully saturated rings. The molecule has 20 heavy (non-hydrogen) atoms. The van der Waals surface area contributed by atoms with E-state index < -0.39 is 6.09 Å². The molecule has 0 unspecified atom stereocenters. The lowest BCUT2D eigenvalue weighted by molar-refractivity contribution is 0.155. The van der Waals surface area contributed by atoms with E-state index in [-0.39, 0.29) is 6.61 Å². The zero-order valence-corrected chi connectivity index (χ0v) is 13.2. The molecule has 0 aromatic heterocycles. The van der Waals surface area contributed by atoms with Crippen LogP contribution in [0.15, 0.2) is 46.9 Å². The summed E-state index contributed by atoms with van der Waals surface area (Å²) in [6.45, 7) is 2.10.